The number of piperidine rings is 1. The summed E-state index contributed by atoms with van der Waals surface area (Å²) in [6, 6.07) is 0. The molecule has 0 aromatic heterocycles. The molecule has 128 valence electrons. The molecular formula is C17H25ClN2O2S. The van der Waals surface area contributed by atoms with Gasteiger partial charge in [0.1, 0.15) is 11.0 Å². The van der Waals surface area contributed by atoms with Crippen LogP contribution in [-0.4, -0.2) is 34.1 Å². The van der Waals surface area contributed by atoms with Gasteiger partial charge in [-0.05, 0) is 24.8 Å². The highest BCUT2D eigenvalue weighted by Crippen LogP contribution is 2.27. The summed E-state index contributed by atoms with van der Waals surface area (Å²) < 4.78 is 14.7. The molecule has 1 heterocycles. The van der Waals surface area contributed by atoms with Gasteiger partial charge in [-0.15, -0.1) is 0 Å². The monoisotopic (exact) mass is 356 g/mol. The van der Waals surface area contributed by atoms with Gasteiger partial charge >= 0.3 is 0 Å². The fourth-order valence-electron chi connectivity index (χ4n) is 2.65. The van der Waals surface area contributed by atoms with Gasteiger partial charge in [0, 0.05) is 26.1 Å². The normalized spacial score (nSPS) is 23.9. The molecule has 6 heteroatoms. The van der Waals surface area contributed by atoms with Crippen LogP contribution in [0.4, 0.5) is 0 Å². The van der Waals surface area contributed by atoms with Gasteiger partial charge in [-0.2, -0.15) is 0 Å². The van der Waals surface area contributed by atoms with E-state index in [4.69, 9.17) is 11.6 Å². The van der Waals surface area contributed by atoms with E-state index in [0.29, 0.717) is 30.5 Å². The van der Waals surface area contributed by atoms with E-state index in [1.165, 1.54) is 0 Å². The van der Waals surface area contributed by atoms with Crippen LogP contribution in [0.5, 0.6) is 0 Å². The molecule has 0 aromatic carbocycles. The average molecular weight is 357 g/mol. The zero-order valence-electron chi connectivity index (χ0n) is 13.8. The highest BCUT2D eigenvalue weighted by Gasteiger charge is 2.30. The van der Waals surface area contributed by atoms with Gasteiger partial charge in [-0.25, -0.2) is 8.51 Å². The molecule has 0 spiro atoms. The molecule has 1 amide bonds. The van der Waals surface area contributed by atoms with Crippen molar-refractivity contribution in [3.63, 3.8) is 0 Å². The van der Waals surface area contributed by atoms with E-state index in [9.17, 15) is 9.00 Å². The lowest BCUT2D eigenvalue weighted by Crippen LogP contribution is -2.44. The first-order valence-electron chi connectivity index (χ1n) is 8.15. The van der Waals surface area contributed by atoms with E-state index in [1.54, 1.807) is 6.08 Å². The molecule has 1 N–H and O–H groups in total. The first-order valence-corrected chi connectivity index (χ1v) is 9.64. The maximum absolute atomic E-state index is 12.8. The molecule has 1 fully saturated rings. The predicted molar refractivity (Wildman–Crippen MR) is 96.1 cm³/mol. The summed E-state index contributed by atoms with van der Waals surface area (Å²) in [5, 5.41) is 3.53. The number of hydrogen-bond donors (Lipinski definition) is 1. The van der Waals surface area contributed by atoms with E-state index in [0.717, 1.165) is 24.3 Å². The average Bonchev–Trinajstić information content (AvgIpc) is 2.76. The molecule has 2 atom stereocenters. The number of hydrogen-bond acceptors (Lipinski definition) is 2. The first-order chi connectivity index (χ1) is 11.0. The summed E-state index contributed by atoms with van der Waals surface area (Å²) in [5.74, 6) is 0.408. The van der Waals surface area contributed by atoms with Crippen LogP contribution in [0.25, 0.3) is 0 Å². The minimum absolute atomic E-state index is 0.0705. The Morgan fingerprint density at radius 1 is 1.48 bits per heavy atom. The molecule has 4 nitrogen and oxygen atoms in total. The Hall–Kier alpha value is -0.910. The van der Waals surface area contributed by atoms with Gasteiger partial charge in [0.2, 0.25) is 5.91 Å². The van der Waals surface area contributed by atoms with Gasteiger partial charge in [-0.3, -0.25) is 4.79 Å². The zero-order valence-corrected chi connectivity index (χ0v) is 15.3. The van der Waals surface area contributed by atoms with Crippen molar-refractivity contribution in [3.8, 4) is 0 Å². The topological polar surface area (TPSA) is 49.4 Å². The second kappa shape index (κ2) is 8.81. The lowest BCUT2D eigenvalue weighted by atomic mass is 9.98. The van der Waals surface area contributed by atoms with Crippen LogP contribution >= 0.6 is 11.6 Å². The van der Waals surface area contributed by atoms with Crippen LogP contribution in [0.3, 0.4) is 0 Å². The molecule has 1 aliphatic heterocycles. The summed E-state index contributed by atoms with van der Waals surface area (Å²) in [7, 11) is -1.29. The lowest BCUT2D eigenvalue weighted by molar-refractivity contribution is -0.126. The number of nitrogens with one attached hydrogen (secondary N) is 1. The fraction of sp³-hybridized carbons (Fsp3) is 0.588. The van der Waals surface area contributed by atoms with Crippen molar-refractivity contribution in [1.29, 1.82) is 0 Å². The molecule has 1 saturated heterocycles. The van der Waals surface area contributed by atoms with Gasteiger partial charge < -0.3 is 5.32 Å². The van der Waals surface area contributed by atoms with Crippen molar-refractivity contribution in [2.45, 2.75) is 33.1 Å². The second-order valence-corrected chi connectivity index (χ2v) is 8.29. The predicted octanol–water partition coefficient (Wildman–Crippen LogP) is 3.10. The molecular weight excluding hydrogens is 332 g/mol. The van der Waals surface area contributed by atoms with Gasteiger partial charge in [-0.1, -0.05) is 43.7 Å². The highest BCUT2D eigenvalue weighted by molar-refractivity contribution is 7.86. The minimum Gasteiger partial charge on any atom is -0.356 e. The number of nitrogens with zero attached hydrogens (tertiary/aromatic N) is 1. The third kappa shape index (κ3) is 5.30. The van der Waals surface area contributed by atoms with Gasteiger partial charge in [0.15, 0.2) is 0 Å². The summed E-state index contributed by atoms with van der Waals surface area (Å²) in [4.78, 5) is 13.0. The summed E-state index contributed by atoms with van der Waals surface area (Å²) in [5.41, 5.74) is 0. The SMILES string of the molecule is CC(C)CNC(=O)C1CCCN(S(=O)C2=C(Cl)C=CC=CC2)C1. The quantitative estimate of drug-likeness (QED) is 0.822. The van der Waals surface area contributed by atoms with Crippen LogP contribution in [0.15, 0.2) is 34.2 Å². The van der Waals surface area contributed by atoms with Crippen LogP contribution in [0, 0.1) is 11.8 Å². The Balaban J connectivity index is 2.00. The van der Waals surface area contributed by atoms with Crippen molar-refractivity contribution in [3.05, 3.63) is 34.2 Å². The summed E-state index contributed by atoms with van der Waals surface area (Å²) in [6.45, 7) is 6.10. The summed E-state index contributed by atoms with van der Waals surface area (Å²) in [6.07, 6.45) is 9.80. The smallest absolute Gasteiger partial charge is 0.224 e. The van der Waals surface area contributed by atoms with Crippen LogP contribution < -0.4 is 5.32 Å². The van der Waals surface area contributed by atoms with Gasteiger partial charge in [0.05, 0.1) is 15.9 Å². The molecule has 2 rings (SSSR count). The first kappa shape index (κ1) is 18.4. The van der Waals surface area contributed by atoms with E-state index < -0.39 is 11.0 Å². The maximum Gasteiger partial charge on any atom is 0.224 e. The molecule has 23 heavy (non-hydrogen) atoms. The van der Waals surface area contributed by atoms with Crippen molar-refractivity contribution in [1.82, 2.24) is 9.62 Å². The van der Waals surface area contributed by atoms with Crippen molar-refractivity contribution in [2.75, 3.05) is 19.6 Å². The Kier molecular flexibility index (Phi) is 7.06. The van der Waals surface area contributed by atoms with Crippen molar-refractivity contribution >= 4 is 28.5 Å². The van der Waals surface area contributed by atoms with E-state index in [1.807, 2.05) is 22.5 Å². The molecule has 0 bridgehead atoms. The molecule has 2 unspecified atom stereocenters. The van der Waals surface area contributed by atoms with Crippen LogP contribution in [0.1, 0.15) is 33.1 Å². The molecule has 1 aliphatic carbocycles. The van der Waals surface area contributed by atoms with Crippen LogP contribution in [-0.2, 0) is 15.8 Å². The van der Waals surface area contributed by atoms with E-state index in [2.05, 4.69) is 19.2 Å². The molecule has 2 aliphatic rings. The molecule has 0 saturated carbocycles. The van der Waals surface area contributed by atoms with E-state index in [-0.39, 0.29) is 11.8 Å². The zero-order chi connectivity index (χ0) is 16.8. The number of allylic oxidation sites excluding steroid dienone is 6. The minimum atomic E-state index is -1.29. The fourth-order valence-corrected chi connectivity index (χ4v) is 4.39. The molecule has 0 radical (unpaired) electrons. The molecule has 0 aromatic rings. The number of rotatable bonds is 5. The Bertz CT molecular complexity index is 555. The number of carbonyl (C=O) groups is 1. The maximum atomic E-state index is 12.8. The Morgan fingerprint density at radius 3 is 3.00 bits per heavy atom. The van der Waals surface area contributed by atoms with Crippen molar-refractivity contribution < 1.29 is 9.00 Å². The van der Waals surface area contributed by atoms with Crippen molar-refractivity contribution in [2.24, 2.45) is 11.8 Å². The van der Waals surface area contributed by atoms with Gasteiger partial charge in [0.25, 0.3) is 0 Å². The largest absolute Gasteiger partial charge is 0.356 e. The summed E-state index contributed by atoms with van der Waals surface area (Å²) >= 11 is 6.24. The van der Waals surface area contributed by atoms with Crippen LogP contribution in [0.2, 0.25) is 0 Å². The van der Waals surface area contributed by atoms with E-state index >= 15 is 0 Å². The third-order valence-corrected chi connectivity index (χ3v) is 6.02. The number of amides is 1. The standard InChI is InChI=1S/C17H25ClN2O2S/c1-13(2)11-19-17(21)14-7-6-10-20(12-14)23(22)16-9-5-3-4-8-15(16)18/h3-5,8,13-14H,6-7,9-12H2,1-2H3,(H,19,21). The number of carbonyl (C=O) groups excluding carboxylic acids is 1. The number of halogens is 1. The lowest BCUT2D eigenvalue weighted by Gasteiger charge is -2.31. The second-order valence-electron chi connectivity index (χ2n) is 6.38. The Labute approximate surface area is 146 Å². The highest BCUT2D eigenvalue weighted by atomic mass is 35.5. The third-order valence-electron chi connectivity index (χ3n) is 3.94. The Morgan fingerprint density at radius 2 is 2.26 bits per heavy atom.